The van der Waals surface area contributed by atoms with E-state index in [9.17, 15) is 9.59 Å². The fourth-order valence-electron chi connectivity index (χ4n) is 3.23. The molecule has 21 heavy (non-hydrogen) atoms. The molecule has 118 valence electrons. The van der Waals surface area contributed by atoms with Crippen LogP contribution in [0.4, 0.5) is 4.79 Å². The molecule has 0 radical (unpaired) electrons. The molecule has 0 bridgehead atoms. The summed E-state index contributed by atoms with van der Waals surface area (Å²) in [5.74, 6) is 0.0787. The summed E-state index contributed by atoms with van der Waals surface area (Å²) in [6, 6.07) is -0.206. The molecule has 5 nitrogen and oxygen atoms in total. The Labute approximate surface area is 126 Å². The molecule has 0 saturated carbocycles. The molecule has 1 saturated heterocycles. The molecule has 0 aromatic carbocycles. The molecule has 2 rings (SSSR count). The lowest BCUT2D eigenvalue weighted by Gasteiger charge is -2.24. The molecule has 0 aromatic rings. The lowest BCUT2D eigenvalue weighted by atomic mass is 9.89. The van der Waals surface area contributed by atoms with E-state index in [2.05, 4.69) is 19.2 Å². The number of likely N-dealkylation sites (tertiary alicyclic amines) is 1. The maximum absolute atomic E-state index is 12.3. The van der Waals surface area contributed by atoms with Gasteiger partial charge in [-0.3, -0.25) is 4.79 Å². The highest BCUT2D eigenvalue weighted by atomic mass is 16.4. The average Bonchev–Trinajstić information content (AvgIpc) is 2.74. The fourth-order valence-corrected chi connectivity index (χ4v) is 3.23. The van der Waals surface area contributed by atoms with Gasteiger partial charge in [0, 0.05) is 13.1 Å². The van der Waals surface area contributed by atoms with Crippen molar-refractivity contribution in [2.45, 2.75) is 45.6 Å². The zero-order valence-corrected chi connectivity index (χ0v) is 12.9. The minimum Gasteiger partial charge on any atom is -0.481 e. The summed E-state index contributed by atoms with van der Waals surface area (Å²) in [5, 5.41) is 11.9. The van der Waals surface area contributed by atoms with Gasteiger partial charge in [0.2, 0.25) is 0 Å². The summed E-state index contributed by atoms with van der Waals surface area (Å²) < 4.78 is 0. The van der Waals surface area contributed by atoms with Crippen molar-refractivity contribution in [1.29, 1.82) is 0 Å². The third-order valence-corrected chi connectivity index (χ3v) is 4.71. The van der Waals surface area contributed by atoms with E-state index >= 15 is 0 Å². The summed E-state index contributed by atoms with van der Waals surface area (Å²) in [7, 11) is 0. The molecule has 5 heteroatoms. The Kier molecular flexibility index (Phi) is 5.26. The molecule has 0 aromatic heterocycles. The van der Waals surface area contributed by atoms with Crippen molar-refractivity contribution in [3.63, 3.8) is 0 Å². The molecular weight excluding hydrogens is 268 g/mol. The van der Waals surface area contributed by atoms with Gasteiger partial charge in [-0.05, 0) is 37.5 Å². The monoisotopic (exact) mass is 294 g/mol. The standard InChI is InChI=1S/C16H26N2O3/c1-11(2)12-4-3-8-18(9-7-12)16(21)17-14-6-5-13(10-14)15(19)20/h5-6,11-14H,3-4,7-10H2,1-2H3,(H,17,21)(H,19,20). The normalized spacial score (nSPS) is 29.5. The van der Waals surface area contributed by atoms with Crippen LogP contribution in [-0.4, -0.2) is 41.1 Å². The van der Waals surface area contributed by atoms with Crippen LogP contribution in [0, 0.1) is 17.8 Å². The Morgan fingerprint density at radius 3 is 2.62 bits per heavy atom. The number of carboxylic acid groups (broad SMARTS) is 1. The minimum absolute atomic E-state index is 0.0555. The highest BCUT2D eigenvalue weighted by Crippen LogP contribution is 2.25. The van der Waals surface area contributed by atoms with Gasteiger partial charge < -0.3 is 15.3 Å². The molecule has 0 spiro atoms. The van der Waals surface area contributed by atoms with Crippen LogP contribution < -0.4 is 5.32 Å². The second-order valence-electron chi connectivity index (χ2n) is 6.54. The molecule has 1 aliphatic heterocycles. The van der Waals surface area contributed by atoms with Crippen LogP contribution in [0.5, 0.6) is 0 Å². The number of carbonyl (C=O) groups excluding carboxylic acids is 1. The van der Waals surface area contributed by atoms with Crippen molar-refractivity contribution in [2.24, 2.45) is 17.8 Å². The Hall–Kier alpha value is -1.52. The SMILES string of the molecule is CC(C)C1CCCN(C(=O)NC2C=CC(C(=O)O)C2)CC1. The molecule has 2 aliphatic rings. The molecule has 2 amide bonds. The van der Waals surface area contributed by atoms with Crippen molar-refractivity contribution < 1.29 is 14.7 Å². The fraction of sp³-hybridized carbons (Fsp3) is 0.750. The highest BCUT2D eigenvalue weighted by Gasteiger charge is 2.28. The van der Waals surface area contributed by atoms with Gasteiger partial charge in [-0.1, -0.05) is 26.0 Å². The van der Waals surface area contributed by atoms with Gasteiger partial charge >= 0.3 is 12.0 Å². The second kappa shape index (κ2) is 6.96. The van der Waals surface area contributed by atoms with Crippen molar-refractivity contribution in [2.75, 3.05) is 13.1 Å². The first-order valence-electron chi connectivity index (χ1n) is 7.94. The molecule has 2 N–H and O–H groups in total. The first-order chi connectivity index (χ1) is 9.97. The van der Waals surface area contributed by atoms with Crippen molar-refractivity contribution >= 4 is 12.0 Å². The van der Waals surface area contributed by atoms with E-state index in [-0.39, 0.29) is 12.1 Å². The number of nitrogens with zero attached hydrogens (tertiary/aromatic N) is 1. The summed E-state index contributed by atoms with van der Waals surface area (Å²) in [5.41, 5.74) is 0. The van der Waals surface area contributed by atoms with Gasteiger partial charge in [0.15, 0.2) is 0 Å². The van der Waals surface area contributed by atoms with E-state index < -0.39 is 11.9 Å². The van der Waals surface area contributed by atoms with Crippen LogP contribution in [0.1, 0.15) is 39.5 Å². The Balaban J connectivity index is 1.81. The van der Waals surface area contributed by atoms with Crippen LogP contribution in [0.2, 0.25) is 0 Å². The van der Waals surface area contributed by atoms with Crippen LogP contribution in [0.15, 0.2) is 12.2 Å². The second-order valence-corrected chi connectivity index (χ2v) is 6.54. The summed E-state index contributed by atoms with van der Waals surface area (Å²) in [6.45, 7) is 6.09. The topological polar surface area (TPSA) is 69.6 Å². The zero-order valence-electron chi connectivity index (χ0n) is 12.9. The van der Waals surface area contributed by atoms with Gasteiger partial charge in [-0.25, -0.2) is 4.79 Å². The third-order valence-electron chi connectivity index (χ3n) is 4.71. The average molecular weight is 294 g/mol. The Bertz CT molecular complexity index is 420. The van der Waals surface area contributed by atoms with E-state index in [0.29, 0.717) is 18.3 Å². The molecule has 1 heterocycles. The van der Waals surface area contributed by atoms with E-state index in [4.69, 9.17) is 5.11 Å². The Morgan fingerprint density at radius 2 is 2.00 bits per heavy atom. The van der Waals surface area contributed by atoms with E-state index in [1.807, 2.05) is 4.90 Å². The van der Waals surface area contributed by atoms with Gasteiger partial charge in [-0.2, -0.15) is 0 Å². The van der Waals surface area contributed by atoms with Crippen LogP contribution in [0.25, 0.3) is 0 Å². The number of nitrogens with one attached hydrogen (secondary N) is 1. The van der Waals surface area contributed by atoms with Gasteiger partial charge in [0.1, 0.15) is 0 Å². The third kappa shape index (κ3) is 4.22. The maximum atomic E-state index is 12.3. The molecule has 3 unspecified atom stereocenters. The predicted molar refractivity (Wildman–Crippen MR) is 81.0 cm³/mol. The van der Waals surface area contributed by atoms with E-state index in [0.717, 1.165) is 25.9 Å². The number of carbonyl (C=O) groups is 2. The number of hydrogen-bond acceptors (Lipinski definition) is 2. The lowest BCUT2D eigenvalue weighted by molar-refractivity contribution is -0.140. The van der Waals surface area contributed by atoms with Gasteiger partial charge in [0.05, 0.1) is 12.0 Å². The molecule has 1 aliphatic carbocycles. The number of carboxylic acids is 1. The first-order valence-corrected chi connectivity index (χ1v) is 7.94. The van der Waals surface area contributed by atoms with Gasteiger partial charge in [-0.15, -0.1) is 0 Å². The molecule has 1 fully saturated rings. The number of amides is 2. The minimum atomic E-state index is -0.822. The number of aliphatic carboxylic acids is 1. The lowest BCUT2D eigenvalue weighted by Crippen LogP contribution is -2.44. The largest absolute Gasteiger partial charge is 0.481 e. The molecule has 3 atom stereocenters. The number of rotatable bonds is 3. The van der Waals surface area contributed by atoms with Crippen LogP contribution in [-0.2, 0) is 4.79 Å². The number of urea groups is 1. The zero-order chi connectivity index (χ0) is 15.4. The summed E-state index contributed by atoms with van der Waals surface area (Å²) in [6.07, 6.45) is 7.23. The van der Waals surface area contributed by atoms with Crippen molar-refractivity contribution in [1.82, 2.24) is 10.2 Å². The predicted octanol–water partition coefficient (Wildman–Crippen LogP) is 2.48. The van der Waals surface area contributed by atoms with Gasteiger partial charge in [0.25, 0.3) is 0 Å². The maximum Gasteiger partial charge on any atom is 0.317 e. The summed E-state index contributed by atoms with van der Waals surface area (Å²) in [4.78, 5) is 25.1. The van der Waals surface area contributed by atoms with Crippen LogP contribution in [0.3, 0.4) is 0 Å². The first kappa shape index (κ1) is 15.9. The summed E-state index contributed by atoms with van der Waals surface area (Å²) >= 11 is 0. The van der Waals surface area contributed by atoms with E-state index in [1.165, 1.54) is 6.42 Å². The quantitative estimate of drug-likeness (QED) is 0.786. The van der Waals surface area contributed by atoms with Crippen molar-refractivity contribution in [3.8, 4) is 0 Å². The van der Waals surface area contributed by atoms with E-state index in [1.54, 1.807) is 12.2 Å². The van der Waals surface area contributed by atoms with Crippen molar-refractivity contribution in [3.05, 3.63) is 12.2 Å². The smallest absolute Gasteiger partial charge is 0.317 e. The molecular formula is C16H26N2O3. The number of hydrogen-bond donors (Lipinski definition) is 2. The van der Waals surface area contributed by atoms with Crippen LogP contribution >= 0.6 is 0 Å². The Morgan fingerprint density at radius 1 is 1.24 bits per heavy atom. The highest BCUT2D eigenvalue weighted by molar-refractivity contribution is 5.76.